The van der Waals surface area contributed by atoms with Gasteiger partial charge in [-0.15, -0.1) is 0 Å². The SMILES string of the molecule is CC(=O)N(CCCc1ccccc1)CCC(=O)NCc1ccc2c(c1)OCO2. The molecule has 2 aromatic carbocycles. The number of aryl methyl sites for hydroxylation is 1. The fourth-order valence-corrected chi connectivity index (χ4v) is 3.12. The highest BCUT2D eigenvalue weighted by molar-refractivity contribution is 5.78. The van der Waals surface area contributed by atoms with E-state index in [0.29, 0.717) is 25.4 Å². The number of fused-ring (bicyclic) bond motifs is 1. The first kappa shape index (κ1) is 19.7. The number of amides is 2. The Kier molecular flexibility index (Phi) is 6.89. The van der Waals surface area contributed by atoms with Gasteiger partial charge < -0.3 is 19.7 Å². The van der Waals surface area contributed by atoms with E-state index < -0.39 is 0 Å². The van der Waals surface area contributed by atoms with Crippen LogP contribution in [-0.2, 0) is 22.6 Å². The topological polar surface area (TPSA) is 67.9 Å². The number of nitrogens with one attached hydrogen (secondary N) is 1. The van der Waals surface area contributed by atoms with Crippen molar-refractivity contribution in [2.24, 2.45) is 0 Å². The summed E-state index contributed by atoms with van der Waals surface area (Å²) < 4.78 is 10.6. The predicted molar refractivity (Wildman–Crippen MR) is 106 cm³/mol. The smallest absolute Gasteiger partial charge is 0.231 e. The molecule has 0 atom stereocenters. The maximum Gasteiger partial charge on any atom is 0.231 e. The van der Waals surface area contributed by atoms with Crippen LogP contribution in [-0.4, -0.2) is 36.6 Å². The Hall–Kier alpha value is -3.02. The molecule has 0 saturated heterocycles. The molecule has 0 unspecified atom stereocenters. The average Bonchev–Trinajstić information content (AvgIpc) is 3.17. The molecule has 6 nitrogen and oxygen atoms in total. The molecule has 0 fully saturated rings. The van der Waals surface area contributed by atoms with Crippen molar-refractivity contribution < 1.29 is 19.1 Å². The summed E-state index contributed by atoms with van der Waals surface area (Å²) >= 11 is 0. The largest absolute Gasteiger partial charge is 0.454 e. The van der Waals surface area contributed by atoms with Crippen LogP contribution in [0.4, 0.5) is 0 Å². The Morgan fingerprint density at radius 1 is 1.00 bits per heavy atom. The lowest BCUT2D eigenvalue weighted by molar-refractivity contribution is -0.129. The van der Waals surface area contributed by atoms with Crippen LogP contribution in [0, 0.1) is 0 Å². The van der Waals surface area contributed by atoms with Gasteiger partial charge in [0.15, 0.2) is 11.5 Å². The lowest BCUT2D eigenvalue weighted by Crippen LogP contribution is -2.34. The molecule has 0 bridgehead atoms. The molecule has 0 saturated carbocycles. The van der Waals surface area contributed by atoms with Crippen LogP contribution in [0.5, 0.6) is 11.5 Å². The van der Waals surface area contributed by atoms with Gasteiger partial charge in [0.1, 0.15) is 0 Å². The van der Waals surface area contributed by atoms with Crippen LogP contribution in [0.1, 0.15) is 30.9 Å². The molecule has 0 spiro atoms. The van der Waals surface area contributed by atoms with E-state index in [0.717, 1.165) is 24.2 Å². The molecule has 1 N–H and O–H groups in total. The summed E-state index contributed by atoms with van der Waals surface area (Å²) in [5, 5.41) is 2.89. The molecule has 2 aromatic rings. The van der Waals surface area contributed by atoms with E-state index >= 15 is 0 Å². The minimum absolute atomic E-state index is 0.00312. The Balaban J connectivity index is 1.39. The zero-order chi connectivity index (χ0) is 19.8. The first-order valence-electron chi connectivity index (χ1n) is 9.56. The first-order valence-corrected chi connectivity index (χ1v) is 9.56. The van der Waals surface area contributed by atoms with E-state index in [9.17, 15) is 9.59 Å². The van der Waals surface area contributed by atoms with Crippen LogP contribution in [0.2, 0.25) is 0 Å². The molecule has 2 amide bonds. The van der Waals surface area contributed by atoms with Gasteiger partial charge >= 0.3 is 0 Å². The molecule has 6 heteroatoms. The standard InChI is InChI=1S/C22H26N2O4/c1-17(25)24(12-5-8-18-6-3-2-4-7-18)13-11-22(26)23-15-19-9-10-20-21(14-19)28-16-27-20/h2-4,6-7,9-10,14H,5,8,11-13,15-16H2,1H3,(H,23,26). The Morgan fingerprint density at radius 3 is 2.57 bits per heavy atom. The van der Waals surface area contributed by atoms with E-state index in [4.69, 9.17) is 9.47 Å². The van der Waals surface area contributed by atoms with Crippen molar-refractivity contribution in [2.45, 2.75) is 32.7 Å². The highest BCUT2D eigenvalue weighted by Crippen LogP contribution is 2.32. The van der Waals surface area contributed by atoms with Gasteiger partial charge in [-0.3, -0.25) is 9.59 Å². The number of nitrogens with zero attached hydrogens (tertiary/aromatic N) is 1. The van der Waals surface area contributed by atoms with E-state index in [1.165, 1.54) is 5.56 Å². The number of hydrogen-bond acceptors (Lipinski definition) is 4. The highest BCUT2D eigenvalue weighted by Gasteiger charge is 2.14. The summed E-state index contributed by atoms with van der Waals surface area (Å²) in [4.78, 5) is 25.8. The summed E-state index contributed by atoms with van der Waals surface area (Å²) in [5.41, 5.74) is 2.20. The number of carbonyl (C=O) groups is 2. The van der Waals surface area contributed by atoms with Crippen molar-refractivity contribution in [3.05, 3.63) is 59.7 Å². The minimum Gasteiger partial charge on any atom is -0.454 e. The van der Waals surface area contributed by atoms with Gasteiger partial charge in [-0.1, -0.05) is 36.4 Å². The Bertz CT molecular complexity index is 807. The third-order valence-corrected chi connectivity index (χ3v) is 4.72. The maximum absolute atomic E-state index is 12.2. The van der Waals surface area contributed by atoms with Crippen LogP contribution >= 0.6 is 0 Å². The molecule has 3 rings (SSSR count). The van der Waals surface area contributed by atoms with Gasteiger partial charge in [0.2, 0.25) is 18.6 Å². The predicted octanol–water partition coefficient (Wildman–Crippen LogP) is 2.90. The number of ether oxygens (including phenoxy) is 2. The number of hydrogen-bond donors (Lipinski definition) is 1. The zero-order valence-electron chi connectivity index (χ0n) is 16.1. The van der Waals surface area contributed by atoms with E-state index in [1.807, 2.05) is 36.4 Å². The quantitative estimate of drug-likeness (QED) is 0.724. The molecule has 1 heterocycles. The molecule has 28 heavy (non-hydrogen) atoms. The van der Waals surface area contributed by atoms with Crippen molar-refractivity contribution in [3.8, 4) is 11.5 Å². The van der Waals surface area contributed by atoms with Crippen molar-refractivity contribution >= 4 is 11.8 Å². The third kappa shape index (κ3) is 5.74. The molecule has 1 aliphatic rings. The fraction of sp³-hybridized carbons (Fsp3) is 0.364. The number of rotatable bonds is 9. The summed E-state index contributed by atoms with van der Waals surface area (Å²) in [6.45, 7) is 3.28. The minimum atomic E-state index is -0.0769. The van der Waals surface area contributed by atoms with Crippen LogP contribution in [0.3, 0.4) is 0 Å². The van der Waals surface area contributed by atoms with Gasteiger partial charge in [-0.2, -0.15) is 0 Å². The normalized spacial score (nSPS) is 11.9. The first-order chi connectivity index (χ1) is 13.6. The lowest BCUT2D eigenvalue weighted by atomic mass is 10.1. The number of benzene rings is 2. The summed E-state index contributed by atoms with van der Waals surface area (Å²) in [6, 6.07) is 15.8. The maximum atomic E-state index is 12.2. The second kappa shape index (κ2) is 9.78. The van der Waals surface area contributed by atoms with E-state index in [1.54, 1.807) is 11.8 Å². The van der Waals surface area contributed by atoms with Gasteiger partial charge in [0.05, 0.1) is 0 Å². The third-order valence-electron chi connectivity index (χ3n) is 4.72. The van der Waals surface area contributed by atoms with E-state index in [-0.39, 0.29) is 25.0 Å². The van der Waals surface area contributed by atoms with E-state index in [2.05, 4.69) is 17.4 Å². The molecule has 0 aromatic heterocycles. The summed E-state index contributed by atoms with van der Waals surface area (Å²) in [6.07, 6.45) is 2.08. The van der Waals surface area contributed by atoms with Crippen LogP contribution in [0.25, 0.3) is 0 Å². The van der Waals surface area contributed by atoms with Gasteiger partial charge in [0.25, 0.3) is 0 Å². The summed E-state index contributed by atoms with van der Waals surface area (Å²) in [5.74, 6) is 1.35. The second-order valence-corrected chi connectivity index (χ2v) is 6.81. The second-order valence-electron chi connectivity index (χ2n) is 6.81. The van der Waals surface area contributed by atoms with Crippen molar-refractivity contribution in [1.82, 2.24) is 10.2 Å². The van der Waals surface area contributed by atoms with Gasteiger partial charge in [0, 0.05) is 33.0 Å². The summed E-state index contributed by atoms with van der Waals surface area (Å²) in [7, 11) is 0. The molecule has 0 aliphatic carbocycles. The molecule has 148 valence electrons. The van der Waals surface area contributed by atoms with Crippen molar-refractivity contribution in [2.75, 3.05) is 19.9 Å². The van der Waals surface area contributed by atoms with Gasteiger partial charge in [-0.25, -0.2) is 0 Å². The zero-order valence-corrected chi connectivity index (χ0v) is 16.1. The van der Waals surface area contributed by atoms with Crippen molar-refractivity contribution in [3.63, 3.8) is 0 Å². The van der Waals surface area contributed by atoms with Crippen LogP contribution in [0.15, 0.2) is 48.5 Å². The van der Waals surface area contributed by atoms with Crippen molar-refractivity contribution in [1.29, 1.82) is 0 Å². The van der Waals surface area contributed by atoms with Crippen LogP contribution < -0.4 is 14.8 Å². The molecule has 0 radical (unpaired) electrons. The lowest BCUT2D eigenvalue weighted by Gasteiger charge is -2.20. The highest BCUT2D eigenvalue weighted by atomic mass is 16.7. The number of carbonyl (C=O) groups excluding carboxylic acids is 2. The Morgan fingerprint density at radius 2 is 1.79 bits per heavy atom. The molecular weight excluding hydrogens is 356 g/mol. The molecule has 1 aliphatic heterocycles. The fourth-order valence-electron chi connectivity index (χ4n) is 3.12. The average molecular weight is 382 g/mol. The Labute approximate surface area is 165 Å². The van der Waals surface area contributed by atoms with Gasteiger partial charge in [-0.05, 0) is 36.1 Å². The monoisotopic (exact) mass is 382 g/mol. The molecular formula is C22H26N2O4.